The molecule has 2 aromatic heterocycles. The fraction of sp³-hybridized carbons (Fsp3) is 0.250. The minimum atomic E-state index is 0.116. The molecule has 120 valence electrons. The second-order valence-electron chi connectivity index (χ2n) is 5.44. The van der Waals surface area contributed by atoms with E-state index in [-0.39, 0.29) is 5.75 Å². The maximum absolute atomic E-state index is 10.3. The summed E-state index contributed by atoms with van der Waals surface area (Å²) >= 11 is 1.50. The molecule has 0 saturated heterocycles. The maximum Gasteiger partial charge on any atom is 0.183 e. The SMILES string of the molecule is COc1ccc2c(O)cc(-c3csc(NC(C)C)n3)nc2c1N. The highest BCUT2D eigenvalue weighted by Gasteiger charge is 2.14. The molecule has 0 radical (unpaired) electrons. The Morgan fingerprint density at radius 3 is 2.74 bits per heavy atom. The van der Waals surface area contributed by atoms with Crippen molar-refractivity contribution in [2.24, 2.45) is 0 Å². The number of hydrogen-bond donors (Lipinski definition) is 3. The molecule has 0 unspecified atom stereocenters. The number of nitrogens with two attached hydrogens (primary N) is 1. The number of rotatable bonds is 4. The van der Waals surface area contributed by atoms with Crippen molar-refractivity contribution in [2.75, 3.05) is 18.2 Å². The van der Waals surface area contributed by atoms with Gasteiger partial charge in [0.15, 0.2) is 5.13 Å². The van der Waals surface area contributed by atoms with Crippen LogP contribution >= 0.6 is 11.3 Å². The van der Waals surface area contributed by atoms with Crippen LogP contribution in [-0.4, -0.2) is 28.2 Å². The lowest BCUT2D eigenvalue weighted by Crippen LogP contribution is -2.09. The van der Waals surface area contributed by atoms with E-state index in [1.54, 1.807) is 25.3 Å². The van der Waals surface area contributed by atoms with Crippen LogP contribution in [-0.2, 0) is 0 Å². The van der Waals surface area contributed by atoms with Crippen molar-refractivity contribution in [3.63, 3.8) is 0 Å². The van der Waals surface area contributed by atoms with Crippen molar-refractivity contribution in [1.29, 1.82) is 0 Å². The first kappa shape index (κ1) is 15.4. The number of thiazole rings is 1. The number of anilines is 2. The summed E-state index contributed by atoms with van der Waals surface area (Å²) in [6.45, 7) is 4.10. The zero-order valence-electron chi connectivity index (χ0n) is 13.1. The molecule has 0 fully saturated rings. The van der Waals surface area contributed by atoms with E-state index >= 15 is 0 Å². The summed E-state index contributed by atoms with van der Waals surface area (Å²) in [4.78, 5) is 9.06. The molecule has 0 aliphatic carbocycles. The molecule has 0 spiro atoms. The fourth-order valence-electron chi connectivity index (χ4n) is 2.29. The van der Waals surface area contributed by atoms with Crippen molar-refractivity contribution in [3.8, 4) is 22.9 Å². The molecule has 2 heterocycles. The predicted molar refractivity (Wildman–Crippen MR) is 94.2 cm³/mol. The molecule has 7 heteroatoms. The van der Waals surface area contributed by atoms with E-state index in [1.807, 2.05) is 19.2 Å². The number of methoxy groups -OCH3 is 1. The Morgan fingerprint density at radius 1 is 1.26 bits per heavy atom. The van der Waals surface area contributed by atoms with Gasteiger partial charge in [0.25, 0.3) is 0 Å². The average molecular weight is 330 g/mol. The van der Waals surface area contributed by atoms with Crippen LogP contribution < -0.4 is 15.8 Å². The third-order valence-corrected chi connectivity index (χ3v) is 4.13. The first-order chi connectivity index (χ1) is 11.0. The van der Waals surface area contributed by atoms with Crippen molar-refractivity contribution >= 4 is 33.1 Å². The van der Waals surface area contributed by atoms with Crippen molar-refractivity contribution in [3.05, 3.63) is 23.6 Å². The van der Waals surface area contributed by atoms with E-state index in [1.165, 1.54) is 11.3 Å². The zero-order valence-corrected chi connectivity index (χ0v) is 13.9. The summed E-state index contributed by atoms with van der Waals surface area (Å²) in [5.41, 5.74) is 8.26. The number of pyridine rings is 1. The molecule has 0 aliphatic rings. The molecule has 23 heavy (non-hydrogen) atoms. The summed E-state index contributed by atoms with van der Waals surface area (Å²) in [5.74, 6) is 0.646. The molecular formula is C16H18N4O2S. The number of hydrogen-bond acceptors (Lipinski definition) is 7. The maximum atomic E-state index is 10.3. The van der Waals surface area contributed by atoms with Gasteiger partial charge in [0.05, 0.1) is 12.8 Å². The lowest BCUT2D eigenvalue weighted by atomic mass is 10.1. The number of fused-ring (bicyclic) bond motifs is 1. The monoisotopic (exact) mass is 330 g/mol. The molecule has 0 aliphatic heterocycles. The number of nitrogens with one attached hydrogen (secondary N) is 1. The van der Waals surface area contributed by atoms with Gasteiger partial charge < -0.3 is 20.9 Å². The van der Waals surface area contributed by atoms with Crippen LogP contribution in [0.3, 0.4) is 0 Å². The smallest absolute Gasteiger partial charge is 0.183 e. The van der Waals surface area contributed by atoms with E-state index in [0.717, 1.165) is 5.13 Å². The summed E-state index contributed by atoms with van der Waals surface area (Å²) in [6, 6.07) is 5.35. The van der Waals surface area contributed by atoms with Crippen LogP contribution in [0.5, 0.6) is 11.5 Å². The van der Waals surface area contributed by atoms with Gasteiger partial charge in [0.1, 0.15) is 28.4 Å². The quantitative estimate of drug-likeness (QED) is 0.634. The van der Waals surface area contributed by atoms with Crippen molar-refractivity contribution < 1.29 is 9.84 Å². The fourth-order valence-corrected chi connectivity index (χ4v) is 3.14. The lowest BCUT2D eigenvalue weighted by molar-refractivity contribution is 0.417. The molecular weight excluding hydrogens is 312 g/mol. The van der Waals surface area contributed by atoms with Gasteiger partial charge in [-0.2, -0.15) is 0 Å². The highest BCUT2D eigenvalue weighted by atomic mass is 32.1. The molecule has 0 bridgehead atoms. The minimum absolute atomic E-state index is 0.116. The standard InChI is InChI=1S/C16H18N4O2S/c1-8(2)18-16-20-11(7-23-16)10-6-12(21)9-4-5-13(22-3)14(17)15(9)19-10/h4-8H,17H2,1-3H3,(H,18,20)(H,19,21). The number of nitrogens with zero attached hydrogens (tertiary/aromatic N) is 2. The number of aromatic hydroxyl groups is 1. The van der Waals surface area contributed by atoms with Gasteiger partial charge in [-0.05, 0) is 26.0 Å². The highest BCUT2D eigenvalue weighted by Crippen LogP contribution is 2.36. The highest BCUT2D eigenvalue weighted by molar-refractivity contribution is 7.14. The second-order valence-corrected chi connectivity index (χ2v) is 6.30. The molecule has 1 aromatic carbocycles. The van der Waals surface area contributed by atoms with E-state index in [4.69, 9.17) is 10.5 Å². The topological polar surface area (TPSA) is 93.3 Å². The van der Waals surface area contributed by atoms with Crippen molar-refractivity contribution in [1.82, 2.24) is 9.97 Å². The molecule has 4 N–H and O–H groups in total. The van der Waals surface area contributed by atoms with Gasteiger partial charge in [-0.15, -0.1) is 11.3 Å². The Kier molecular flexibility index (Phi) is 3.96. The van der Waals surface area contributed by atoms with Crippen LogP contribution in [0, 0.1) is 0 Å². The molecule has 3 aromatic rings. The number of aromatic nitrogens is 2. The van der Waals surface area contributed by atoms with Gasteiger partial charge in [-0.1, -0.05) is 0 Å². The van der Waals surface area contributed by atoms with Gasteiger partial charge in [-0.25, -0.2) is 9.97 Å². The Bertz CT molecular complexity index is 861. The van der Waals surface area contributed by atoms with Crippen LogP contribution in [0.4, 0.5) is 10.8 Å². The molecule has 0 atom stereocenters. The van der Waals surface area contributed by atoms with E-state index in [2.05, 4.69) is 15.3 Å². The van der Waals surface area contributed by atoms with Crippen LogP contribution in [0.2, 0.25) is 0 Å². The largest absolute Gasteiger partial charge is 0.507 e. The van der Waals surface area contributed by atoms with E-state index < -0.39 is 0 Å². The van der Waals surface area contributed by atoms with Crippen LogP contribution in [0.15, 0.2) is 23.6 Å². The summed E-state index contributed by atoms with van der Waals surface area (Å²) < 4.78 is 5.22. The third kappa shape index (κ3) is 2.87. The summed E-state index contributed by atoms with van der Waals surface area (Å²) in [5, 5.41) is 16.8. The average Bonchev–Trinajstić information content (AvgIpc) is 2.96. The Morgan fingerprint density at radius 2 is 2.04 bits per heavy atom. The second kappa shape index (κ2) is 5.92. The first-order valence-corrected chi connectivity index (χ1v) is 8.06. The lowest BCUT2D eigenvalue weighted by Gasteiger charge is -2.09. The number of nitrogen functional groups attached to an aromatic ring is 1. The first-order valence-electron chi connectivity index (χ1n) is 7.18. The zero-order chi connectivity index (χ0) is 16.6. The molecule has 0 saturated carbocycles. The number of benzene rings is 1. The summed E-state index contributed by atoms with van der Waals surface area (Å²) in [7, 11) is 1.55. The molecule has 3 rings (SSSR count). The minimum Gasteiger partial charge on any atom is -0.507 e. The van der Waals surface area contributed by atoms with Gasteiger partial charge in [-0.3, -0.25) is 0 Å². The third-order valence-electron chi connectivity index (χ3n) is 3.36. The van der Waals surface area contributed by atoms with E-state index in [9.17, 15) is 5.11 Å². The van der Waals surface area contributed by atoms with E-state index in [0.29, 0.717) is 39.8 Å². The van der Waals surface area contributed by atoms with Crippen LogP contribution in [0.1, 0.15) is 13.8 Å². The molecule has 6 nitrogen and oxygen atoms in total. The van der Waals surface area contributed by atoms with Gasteiger partial charge in [0, 0.05) is 22.9 Å². The molecule has 0 amide bonds. The summed E-state index contributed by atoms with van der Waals surface area (Å²) in [6.07, 6.45) is 0. The van der Waals surface area contributed by atoms with Gasteiger partial charge >= 0.3 is 0 Å². The normalized spacial score (nSPS) is 11.1. The Hall–Kier alpha value is -2.54. The van der Waals surface area contributed by atoms with Crippen molar-refractivity contribution in [2.45, 2.75) is 19.9 Å². The Balaban J connectivity index is 2.11. The van der Waals surface area contributed by atoms with Gasteiger partial charge in [0.2, 0.25) is 0 Å². The predicted octanol–water partition coefficient (Wildman–Crippen LogP) is 3.48. The Labute approximate surface area is 138 Å². The van der Waals surface area contributed by atoms with Crippen LogP contribution in [0.25, 0.3) is 22.3 Å². The number of ether oxygens (including phenoxy) is 1.